The average molecular weight is 364 g/mol. The van der Waals surface area contributed by atoms with E-state index >= 15 is 0 Å². The van der Waals surface area contributed by atoms with Crippen molar-refractivity contribution in [1.29, 1.82) is 0 Å². The summed E-state index contributed by atoms with van der Waals surface area (Å²) in [4.78, 5) is 0. The summed E-state index contributed by atoms with van der Waals surface area (Å²) in [6.45, 7) is 3.16. The lowest BCUT2D eigenvalue weighted by Crippen LogP contribution is -3.00. The van der Waals surface area contributed by atoms with Gasteiger partial charge < -0.3 is 23.9 Å². The maximum atomic E-state index is 6.13. The number of halogens is 1. The molecular weight excluding hydrogens is 342 g/mol. The second kappa shape index (κ2) is 7.22. The molecule has 0 saturated heterocycles. The van der Waals surface area contributed by atoms with Crippen molar-refractivity contribution in [2.24, 2.45) is 0 Å². The van der Waals surface area contributed by atoms with Crippen molar-refractivity contribution < 1.29 is 17.0 Å². The number of pyridine rings is 1. The van der Waals surface area contributed by atoms with Crippen molar-refractivity contribution in [3.63, 3.8) is 0 Å². The van der Waals surface area contributed by atoms with Gasteiger partial charge in [-0.15, -0.1) is 0 Å². The molecule has 0 amide bonds. The van der Waals surface area contributed by atoms with Crippen molar-refractivity contribution in [3.05, 3.63) is 66.7 Å². The summed E-state index contributed by atoms with van der Waals surface area (Å²) in [6, 6.07) is 22.9. The van der Waals surface area contributed by atoms with E-state index in [-0.39, 0.29) is 12.4 Å². The Kier molecular flexibility index (Phi) is 5.01. The van der Waals surface area contributed by atoms with E-state index in [1.54, 1.807) is 0 Å². The number of rotatable bonds is 3. The number of aryl methyl sites for hydroxylation is 1. The molecule has 0 aliphatic carbocycles. The van der Waals surface area contributed by atoms with Gasteiger partial charge >= 0.3 is 0 Å². The molecule has 0 fully saturated rings. The zero-order valence-corrected chi connectivity index (χ0v) is 15.5. The molecule has 0 unspecified atom stereocenters. The molecule has 26 heavy (non-hydrogen) atoms. The summed E-state index contributed by atoms with van der Waals surface area (Å²) in [6.07, 6.45) is 1.06. The minimum Gasteiger partial charge on any atom is -1.00 e. The number of nitrogen functional groups attached to an aromatic ring is 2. The molecule has 4 aromatic rings. The van der Waals surface area contributed by atoms with Gasteiger partial charge in [0.15, 0.2) is 0 Å². The highest BCUT2D eigenvalue weighted by atomic mass is 35.5. The maximum absolute atomic E-state index is 6.13. The molecule has 0 saturated carbocycles. The summed E-state index contributed by atoms with van der Waals surface area (Å²) >= 11 is 0. The first-order chi connectivity index (χ1) is 12.2. The molecule has 3 aromatic carbocycles. The number of anilines is 2. The van der Waals surface area contributed by atoms with Crippen LogP contribution in [0.1, 0.15) is 13.3 Å². The normalized spacial score (nSPS) is 10.8. The van der Waals surface area contributed by atoms with Gasteiger partial charge in [0.2, 0.25) is 11.2 Å². The standard InChI is InChI=1S/C22H21N3.ClH/c1-2-13-25-21-6-4-3-5-19(21)18-12-11-17(24)14-20(18)22(25)15-7-9-16(23)10-8-15;/h3-12,14,23H,2,13,24H2,1H3;1H. The van der Waals surface area contributed by atoms with Gasteiger partial charge in [-0.1, -0.05) is 25.1 Å². The van der Waals surface area contributed by atoms with Crippen molar-refractivity contribution in [3.8, 4) is 11.3 Å². The van der Waals surface area contributed by atoms with Gasteiger partial charge in [0.25, 0.3) is 0 Å². The maximum Gasteiger partial charge on any atom is 0.220 e. The summed E-state index contributed by atoms with van der Waals surface area (Å²) in [5.41, 5.74) is 17.2. The van der Waals surface area contributed by atoms with Crippen molar-refractivity contribution in [2.75, 3.05) is 11.5 Å². The fourth-order valence-electron chi connectivity index (χ4n) is 3.60. The lowest BCUT2D eigenvalue weighted by atomic mass is 9.98. The molecule has 4 N–H and O–H groups in total. The van der Waals surface area contributed by atoms with Crippen LogP contribution in [0.4, 0.5) is 11.4 Å². The second-order valence-electron chi connectivity index (χ2n) is 6.44. The number of hydrogen-bond donors (Lipinski definition) is 2. The van der Waals surface area contributed by atoms with Gasteiger partial charge in [-0.3, -0.25) is 0 Å². The highest BCUT2D eigenvalue weighted by Gasteiger charge is 2.22. The van der Waals surface area contributed by atoms with Crippen LogP contribution in [0.3, 0.4) is 0 Å². The number of para-hydroxylation sites is 1. The lowest BCUT2D eigenvalue weighted by molar-refractivity contribution is -0.659. The average Bonchev–Trinajstić information content (AvgIpc) is 2.63. The zero-order chi connectivity index (χ0) is 17.4. The Labute approximate surface area is 159 Å². The quantitative estimate of drug-likeness (QED) is 0.329. The summed E-state index contributed by atoms with van der Waals surface area (Å²) in [5, 5.41) is 3.66. The molecule has 0 aliphatic rings. The highest BCUT2D eigenvalue weighted by Crippen LogP contribution is 2.32. The van der Waals surface area contributed by atoms with Crippen LogP contribution in [0.15, 0.2) is 66.7 Å². The van der Waals surface area contributed by atoms with Crippen molar-refractivity contribution in [1.82, 2.24) is 0 Å². The van der Waals surface area contributed by atoms with Crippen LogP contribution >= 0.6 is 0 Å². The Morgan fingerprint density at radius 3 is 2.19 bits per heavy atom. The summed E-state index contributed by atoms with van der Waals surface area (Å²) in [5.74, 6) is 0. The van der Waals surface area contributed by atoms with E-state index < -0.39 is 0 Å². The Balaban J connectivity index is 0.00000196. The van der Waals surface area contributed by atoms with Gasteiger partial charge in [0.05, 0.1) is 10.8 Å². The summed E-state index contributed by atoms with van der Waals surface area (Å²) < 4.78 is 2.41. The molecule has 0 aliphatic heterocycles. The van der Waals surface area contributed by atoms with Crippen LogP contribution in [0.25, 0.3) is 32.9 Å². The van der Waals surface area contributed by atoms with Crippen molar-refractivity contribution >= 4 is 33.1 Å². The van der Waals surface area contributed by atoms with E-state index in [0.29, 0.717) is 0 Å². The number of benzene rings is 3. The van der Waals surface area contributed by atoms with E-state index in [1.807, 2.05) is 18.2 Å². The highest BCUT2D eigenvalue weighted by molar-refractivity contribution is 6.09. The molecule has 132 valence electrons. The molecule has 0 spiro atoms. The predicted molar refractivity (Wildman–Crippen MR) is 106 cm³/mol. The SMILES string of the molecule is CCC[n+]1c(-c2ccc(N)cc2)c2cc(N)ccc2c2ccccc21.[Cl-]. The number of nitrogens with zero attached hydrogens (tertiary/aromatic N) is 1. The minimum absolute atomic E-state index is 0. The fourth-order valence-corrected chi connectivity index (χ4v) is 3.60. The van der Waals surface area contributed by atoms with Gasteiger partial charge in [0.1, 0.15) is 6.54 Å². The Morgan fingerprint density at radius 1 is 0.769 bits per heavy atom. The first-order valence-electron chi connectivity index (χ1n) is 8.68. The molecular formula is C22H22ClN3. The smallest absolute Gasteiger partial charge is 0.220 e. The number of nitrogens with two attached hydrogens (primary N) is 2. The minimum atomic E-state index is 0. The Hall–Kier alpha value is -2.78. The van der Waals surface area contributed by atoms with Gasteiger partial charge in [0, 0.05) is 34.8 Å². The van der Waals surface area contributed by atoms with E-state index in [9.17, 15) is 0 Å². The summed E-state index contributed by atoms with van der Waals surface area (Å²) in [7, 11) is 0. The van der Waals surface area contributed by atoms with Crippen molar-refractivity contribution in [2.45, 2.75) is 19.9 Å². The first-order valence-corrected chi connectivity index (χ1v) is 8.68. The lowest BCUT2D eigenvalue weighted by Gasteiger charge is -2.12. The molecule has 0 bridgehead atoms. The molecule has 4 rings (SSSR count). The van der Waals surface area contributed by atoms with Gasteiger partial charge in [-0.25, -0.2) is 0 Å². The van der Waals surface area contributed by atoms with E-state index in [4.69, 9.17) is 11.5 Å². The third-order valence-corrected chi connectivity index (χ3v) is 4.69. The van der Waals surface area contributed by atoms with Crippen LogP contribution in [0.5, 0.6) is 0 Å². The molecule has 3 nitrogen and oxygen atoms in total. The van der Waals surface area contributed by atoms with Crippen LogP contribution < -0.4 is 28.4 Å². The molecule has 0 atom stereocenters. The van der Waals surface area contributed by atoms with E-state index in [1.165, 1.54) is 27.4 Å². The van der Waals surface area contributed by atoms with Gasteiger partial charge in [-0.05, 0) is 42.5 Å². The largest absolute Gasteiger partial charge is 1.00 e. The van der Waals surface area contributed by atoms with E-state index in [2.05, 4.69) is 60.0 Å². The number of aromatic nitrogens is 1. The van der Waals surface area contributed by atoms with Crippen LogP contribution in [0, 0.1) is 0 Å². The van der Waals surface area contributed by atoms with Gasteiger partial charge in [-0.2, -0.15) is 4.57 Å². The monoisotopic (exact) mass is 363 g/mol. The topological polar surface area (TPSA) is 55.9 Å². The predicted octanol–water partition coefficient (Wildman–Crippen LogP) is 1.53. The molecule has 1 aromatic heterocycles. The van der Waals surface area contributed by atoms with Crippen LogP contribution in [0.2, 0.25) is 0 Å². The van der Waals surface area contributed by atoms with Crippen LogP contribution in [-0.2, 0) is 6.54 Å². The van der Waals surface area contributed by atoms with Crippen LogP contribution in [-0.4, -0.2) is 0 Å². The second-order valence-corrected chi connectivity index (χ2v) is 6.44. The Morgan fingerprint density at radius 2 is 1.46 bits per heavy atom. The molecule has 0 radical (unpaired) electrons. The van der Waals surface area contributed by atoms with E-state index in [0.717, 1.165) is 29.9 Å². The number of fused-ring (bicyclic) bond motifs is 3. The molecule has 4 heteroatoms. The number of hydrogen-bond acceptors (Lipinski definition) is 2. The zero-order valence-electron chi connectivity index (χ0n) is 14.7. The fraction of sp³-hybridized carbons (Fsp3) is 0.136. The third-order valence-electron chi connectivity index (χ3n) is 4.69. The first kappa shape index (κ1) is 18.0. The third kappa shape index (κ3) is 2.95. The Bertz CT molecular complexity index is 1070. The molecule has 1 heterocycles.